The minimum absolute atomic E-state index is 0.0311. The van der Waals surface area contributed by atoms with Crippen molar-refractivity contribution >= 4 is 47.2 Å². The van der Waals surface area contributed by atoms with Crippen LogP contribution in [0.15, 0.2) is 30.9 Å². The fraction of sp³-hybridized carbons (Fsp3) is 0.500. The zero-order chi connectivity index (χ0) is 28.5. The van der Waals surface area contributed by atoms with Crippen molar-refractivity contribution in [2.24, 2.45) is 11.3 Å². The molecule has 2 aliphatic rings. The Morgan fingerprint density at radius 3 is 2.29 bits per heavy atom. The lowest BCUT2D eigenvalue weighted by molar-refractivity contribution is -0.151. The van der Waals surface area contributed by atoms with Gasteiger partial charge in [0.1, 0.15) is 12.2 Å². The average molecular weight is 577 g/mol. The molecule has 0 aliphatic carbocycles. The van der Waals surface area contributed by atoms with E-state index in [9.17, 15) is 28.0 Å². The molecule has 0 bridgehead atoms. The van der Waals surface area contributed by atoms with E-state index in [0.717, 1.165) is 18.2 Å². The fourth-order valence-electron chi connectivity index (χ4n) is 4.29. The Kier molecular flexibility index (Phi) is 8.47. The molecule has 2 fully saturated rings. The second-order valence-corrected chi connectivity index (χ2v) is 11.0. The van der Waals surface area contributed by atoms with Crippen molar-refractivity contribution in [3.63, 3.8) is 0 Å². The molecule has 2 aliphatic heterocycles. The van der Waals surface area contributed by atoms with Crippen molar-refractivity contribution < 1.29 is 37.4 Å². The monoisotopic (exact) mass is 576 g/mol. The second kappa shape index (κ2) is 10.9. The molecule has 208 valence electrons. The number of benzene rings is 1. The number of nitrogens with one attached hydrogen (secondary N) is 2. The lowest BCUT2D eigenvalue weighted by atomic mass is 9.71. The van der Waals surface area contributed by atoms with E-state index in [-0.39, 0.29) is 42.8 Å². The van der Waals surface area contributed by atoms with Crippen LogP contribution in [-0.4, -0.2) is 72.2 Å². The predicted molar refractivity (Wildman–Crippen MR) is 133 cm³/mol. The number of ether oxygens (including phenoxy) is 2. The van der Waals surface area contributed by atoms with Gasteiger partial charge in [0.2, 0.25) is 5.91 Å². The molecule has 2 N–H and O–H groups in total. The Labute approximate surface area is 228 Å². The van der Waals surface area contributed by atoms with Crippen LogP contribution >= 0.6 is 23.2 Å². The molecule has 0 aromatic heterocycles. The van der Waals surface area contributed by atoms with Crippen LogP contribution in [0.3, 0.4) is 0 Å². The number of amides is 4. The molecule has 1 atom stereocenters. The van der Waals surface area contributed by atoms with Crippen molar-refractivity contribution in [2.75, 3.05) is 32.8 Å². The summed E-state index contributed by atoms with van der Waals surface area (Å²) < 4.78 is 39.8. The van der Waals surface area contributed by atoms with Crippen LogP contribution in [0.5, 0.6) is 0 Å². The van der Waals surface area contributed by atoms with Gasteiger partial charge in [-0.1, -0.05) is 41.9 Å². The van der Waals surface area contributed by atoms with E-state index in [4.69, 9.17) is 32.7 Å². The SMILES string of the molecule is C=CCOC(=O)N1CC(C(=O)NNC(=O)C(F)(F)c2ccc(Cl)c(Cl)c2)C2(C1)CN(C(=O)OC(C)(C)C)C2. The summed E-state index contributed by atoms with van der Waals surface area (Å²) in [7, 11) is 0. The molecule has 1 unspecified atom stereocenters. The number of likely N-dealkylation sites (tertiary alicyclic amines) is 2. The topological polar surface area (TPSA) is 117 Å². The fourth-order valence-corrected chi connectivity index (χ4v) is 4.58. The summed E-state index contributed by atoms with van der Waals surface area (Å²) in [5.74, 6) is -7.61. The molecule has 14 heteroatoms. The van der Waals surface area contributed by atoms with Crippen molar-refractivity contribution in [1.82, 2.24) is 20.7 Å². The first-order valence-corrected chi connectivity index (χ1v) is 12.3. The standard InChI is InChI=1S/C24H28Cl2F2N4O6/c1-5-8-37-20(35)31-10-15(23(11-31)12-32(13-23)21(36)38-22(2,3)4)18(33)29-30-19(34)24(27,28)14-6-7-16(25)17(26)9-14/h5-7,9,15H,1,8,10-13H2,2-4H3,(H,29,33)(H,30,34). The summed E-state index contributed by atoms with van der Waals surface area (Å²) in [5, 5.41) is -0.139. The molecule has 4 amide bonds. The molecular weight excluding hydrogens is 549 g/mol. The minimum atomic E-state index is -4.04. The number of rotatable bonds is 5. The van der Waals surface area contributed by atoms with Gasteiger partial charge < -0.3 is 19.3 Å². The number of alkyl halides is 2. The first kappa shape index (κ1) is 29.4. The summed E-state index contributed by atoms with van der Waals surface area (Å²) in [5.41, 5.74) is 1.41. The van der Waals surface area contributed by atoms with Crippen LogP contribution in [0.4, 0.5) is 18.4 Å². The zero-order valence-electron chi connectivity index (χ0n) is 21.0. The third-order valence-corrected chi connectivity index (χ3v) is 6.82. The van der Waals surface area contributed by atoms with Gasteiger partial charge in [0.05, 0.1) is 16.0 Å². The van der Waals surface area contributed by atoms with Gasteiger partial charge in [0.25, 0.3) is 0 Å². The summed E-state index contributed by atoms with van der Waals surface area (Å²) in [6, 6.07) is 2.91. The molecule has 2 heterocycles. The van der Waals surface area contributed by atoms with Crippen molar-refractivity contribution in [3.05, 3.63) is 46.5 Å². The number of hydrogen-bond donors (Lipinski definition) is 2. The second-order valence-electron chi connectivity index (χ2n) is 10.1. The number of hydrogen-bond acceptors (Lipinski definition) is 6. The molecule has 2 saturated heterocycles. The molecular formula is C24H28Cl2F2N4O6. The molecule has 1 aromatic rings. The van der Waals surface area contributed by atoms with Crippen molar-refractivity contribution in [2.45, 2.75) is 32.3 Å². The van der Waals surface area contributed by atoms with Gasteiger partial charge in [-0.2, -0.15) is 8.78 Å². The van der Waals surface area contributed by atoms with E-state index in [1.165, 1.54) is 15.9 Å². The van der Waals surface area contributed by atoms with E-state index in [1.807, 2.05) is 5.43 Å². The Morgan fingerprint density at radius 1 is 1.08 bits per heavy atom. The molecule has 0 radical (unpaired) electrons. The van der Waals surface area contributed by atoms with Gasteiger partial charge in [-0.05, 0) is 32.9 Å². The highest BCUT2D eigenvalue weighted by molar-refractivity contribution is 6.42. The van der Waals surface area contributed by atoms with Crippen LogP contribution in [0.2, 0.25) is 10.0 Å². The maximum atomic E-state index is 14.7. The van der Waals surface area contributed by atoms with E-state index in [1.54, 1.807) is 26.2 Å². The number of halogens is 4. The lowest BCUT2D eigenvalue weighted by Gasteiger charge is -2.49. The van der Waals surface area contributed by atoms with E-state index >= 15 is 0 Å². The summed E-state index contributed by atoms with van der Waals surface area (Å²) in [6.45, 7) is 8.63. The lowest BCUT2D eigenvalue weighted by Crippen LogP contribution is -2.65. The van der Waals surface area contributed by atoms with Crippen molar-refractivity contribution in [3.8, 4) is 0 Å². The van der Waals surface area contributed by atoms with Crippen LogP contribution in [0.25, 0.3) is 0 Å². The van der Waals surface area contributed by atoms with Crippen LogP contribution < -0.4 is 10.9 Å². The summed E-state index contributed by atoms with van der Waals surface area (Å²) >= 11 is 11.5. The number of hydrazine groups is 1. The van der Waals surface area contributed by atoms with Gasteiger partial charge in [0, 0.05) is 37.2 Å². The average Bonchev–Trinajstić information content (AvgIpc) is 3.21. The van der Waals surface area contributed by atoms with Gasteiger partial charge in [-0.15, -0.1) is 0 Å². The first-order valence-electron chi connectivity index (χ1n) is 11.5. The smallest absolute Gasteiger partial charge is 0.410 e. The number of carbonyl (C=O) groups excluding carboxylic acids is 4. The summed E-state index contributed by atoms with van der Waals surface area (Å²) in [4.78, 5) is 52.9. The van der Waals surface area contributed by atoms with Crippen LogP contribution in [0.1, 0.15) is 26.3 Å². The van der Waals surface area contributed by atoms with E-state index < -0.39 is 52.4 Å². The van der Waals surface area contributed by atoms with E-state index in [2.05, 4.69) is 6.58 Å². The normalized spacial score (nSPS) is 18.4. The Hall–Kier alpha value is -3.12. The van der Waals surface area contributed by atoms with E-state index in [0.29, 0.717) is 0 Å². The van der Waals surface area contributed by atoms with Gasteiger partial charge >= 0.3 is 24.0 Å². The highest BCUT2D eigenvalue weighted by atomic mass is 35.5. The molecule has 0 saturated carbocycles. The highest BCUT2D eigenvalue weighted by Crippen LogP contribution is 2.45. The van der Waals surface area contributed by atoms with Gasteiger partial charge in [-0.3, -0.25) is 20.4 Å². The maximum Gasteiger partial charge on any atom is 0.410 e. The molecule has 3 rings (SSSR count). The van der Waals surface area contributed by atoms with Gasteiger partial charge in [0.15, 0.2) is 0 Å². The first-order chi connectivity index (χ1) is 17.6. The molecule has 10 nitrogen and oxygen atoms in total. The molecule has 38 heavy (non-hydrogen) atoms. The third kappa shape index (κ3) is 6.29. The Morgan fingerprint density at radius 2 is 1.71 bits per heavy atom. The Balaban J connectivity index is 1.71. The Bertz CT molecular complexity index is 1140. The number of nitrogens with zero attached hydrogens (tertiary/aromatic N) is 2. The zero-order valence-corrected chi connectivity index (χ0v) is 22.5. The maximum absolute atomic E-state index is 14.7. The summed E-state index contributed by atoms with van der Waals surface area (Å²) in [6.07, 6.45) is 0.0838. The van der Waals surface area contributed by atoms with Gasteiger partial charge in [-0.25, -0.2) is 9.59 Å². The number of carbonyl (C=O) groups is 4. The minimum Gasteiger partial charge on any atom is -0.445 e. The predicted octanol–water partition coefficient (Wildman–Crippen LogP) is 3.72. The van der Waals surface area contributed by atoms with Crippen LogP contribution in [-0.2, 0) is 25.0 Å². The third-order valence-electron chi connectivity index (χ3n) is 6.08. The van der Waals surface area contributed by atoms with Crippen LogP contribution in [0, 0.1) is 11.3 Å². The quantitative estimate of drug-likeness (QED) is 0.407. The largest absolute Gasteiger partial charge is 0.445 e. The van der Waals surface area contributed by atoms with Crippen molar-refractivity contribution in [1.29, 1.82) is 0 Å². The highest BCUT2D eigenvalue weighted by Gasteiger charge is 2.60. The molecule has 1 aromatic carbocycles. The molecule has 1 spiro atoms.